The Bertz CT molecular complexity index is 476. The SMILES string of the molecule is CCCCC[C@H](c1cc(F)c(OCC)c(Cl)c1)N1CCNCC1.Cl.Cl. The number of unbranched alkanes of at least 4 members (excludes halogenated alkanes) is 2. The van der Waals surface area contributed by atoms with E-state index in [9.17, 15) is 4.39 Å². The molecule has 1 fully saturated rings. The number of ether oxygens (including phenoxy) is 1. The molecule has 0 saturated carbocycles. The fraction of sp³-hybridized carbons (Fsp3) is 0.667. The third-order valence-electron chi connectivity index (χ3n) is 4.37. The molecule has 1 atom stereocenters. The maximum atomic E-state index is 14.4. The minimum atomic E-state index is -0.357. The van der Waals surface area contributed by atoms with Gasteiger partial charge in [-0.05, 0) is 31.0 Å². The molecule has 7 heteroatoms. The molecule has 0 spiro atoms. The standard InChI is InChI=1S/C18H28ClFN2O.2ClH/c1-3-5-6-7-17(22-10-8-21-9-11-22)14-12-15(19)18(23-4-2)16(20)13-14;;/h12-13,17,21H,3-11H2,1-2H3;2*1H/t17-;;/m1../s1. The first-order valence-electron chi connectivity index (χ1n) is 8.73. The average molecular weight is 416 g/mol. The molecule has 3 nitrogen and oxygen atoms in total. The van der Waals surface area contributed by atoms with Crippen molar-refractivity contribution in [2.24, 2.45) is 0 Å². The first-order chi connectivity index (χ1) is 11.2. The summed E-state index contributed by atoms with van der Waals surface area (Å²) < 4.78 is 19.7. The Kier molecular flexibility index (Phi) is 12.9. The van der Waals surface area contributed by atoms with Crippen LogP contribution in [-0.2, 0) is 0 Å². The van der Waals surface area contributed by atoms with E-state index in [4.69, 9.17) is 16.3 Å². The monoisotopic (exact) mass is 414 g/mol. The van der Waals surface area contributed by atoms with Crippen LogP contribution in [0.25, 0.3) is 0 Å². The molecular weight excluding hydrogens is 386 g/mol. The van der Waals surface area contributed by atoms with E-state index in [-0.39, 0.29) is 42.4 Å². The lowest BCUT2D eigenvalue weighted by Crippen LogP contribution is -2.45. The van der Waals surface area contributed by atoms with Gasteiger partial charge in [0.15, 0.2) is 11.6 Å². The van der Waals surface area contributed by atoms with E-state index in [0.29, 0.717) is 11.6 Å². The number of hydrogen-bond acceptors (Lipinski definition) is 3. The van der Waals surface area contributed by atoms with E-state index >= 15 is 0 Å². The summed E-state index contributed by atoms with van der Waals surface area (Å²) in [5.41, 5.74) is 0.967. The number of nitrogens with zero attached hydrogens (tertiary/aromatic N) is 1. The predicted molar refractivity (Wildman–Crippen MR) is 108 cm³/mol. The zero-order valence-corrected chi connectivity index (χ0v) is 17.4. The summed E-state index contributed by atoms with van der Waals surface area (Å²) in [4.78, 5) is 2.44. The van der Waals surface area contributed by atoms with Crippen LogP contribution in [0, 0.1) is 5.82 Å². The fourth-order valence-electron chi connectivity index (χ4n) is 3.20. The van der Waals surface area contributed by atoms with Gasteiger partial charge >= 0.3 is 0 Å². The van der Waals surface area contributed by atoms with Crippen molar-refractivity contribution in [3.05, 3.63) is 28.5 Å². The summed E-state index contributed by atoms with van der Waals surface area (Å²) in [6, 6.07) is 3.72. The van der Waals surface area contributed by atoms with Gasteiger partial charge in [-0.2, -0.15) is 0 Å². The lowest BCUT2D eigenvalue weighted by atomic mass is 9.97. The molecule has 0 radical (unpaired) electrons. The summed E-state index contributed by atoms with van der Waals surface area (Å²) in [7, 11) is 0. The van der Waals surface area contributed by atoms with Crippen LogP contribution in [0.5, 0.6) is 5.75 Å². The maximum Gasteiger partial charge on any atom is 0.173 e. The van der Waals surface area contributed by atoms with Crippen molar-refractivity contribution in [3.8, 4) is 5.75 Å². The summed E-state index contributed by atoms with van der Waals surface area (Å²) in [5, 5.41) is 3.75. The fourth-order valence-corrected chi connectivity index (χ4v) is 3.47. The molecule has 0 aromatic heterocycles. The number of piperazine rings is 1. The van der Waals surface area contributed by atoms with Gasteiger partial charge in [0.2, 0.25) is 0 Å². The predicted octanol–water partition coefficient (Wildman–Crippen LogP) is 5.25. The van der Waals surface area contributed by atoms with Crippen molar-refractivity contribution in [3.63, 3.8) is 0 Å². The summed E-state index contributed by atoms with van der Waals surface area (Å²) in [6.45, 7) is 8.39. The van der Waals surface area contributed by atoms with Gasteiger partial charge in [0.05, 0.1) is 11.6 Å². The van der Waals surface area contributed by atoms with Gasteiger partial charge in [-0.3, -0.25) is 4.90 Å². The zero-order valence-electron chi connectivity index (χ0n) is 15.0. The molecule has 1 aliphatic rings. The van der Waals surface area contributed by atoms with Crippen LogP contribution in [-0.4, -0.2) is 37.7 Å². The topological polar surface area (TPSA) is 24.5 Å². The Morgan fingerprint density at radius 1 is 1.20 bits per heavy atom. The van der Waals surface area contributed by atoms with Crippen molar-refractivity contribution in [1.29, 1.82) is 0 Å². The molecule has 0 unspecified atom stereocenters. The molecule has 0 bridgehead atoms. The van der Waals surface area contributed by atoms with Crippen molar-refractivity contribution >= 4 is 36.4 Å². The summed E-state index contributed by atoms with van der Waals surface area (Å²) >= 11 is 6.26. The molecule has 1 N–H and O–H groups in total. The molecule has 1 aliphatic heterocycles. The molecule has 1 heterocycles. The average Bonchev–Trinajstić information content (AvgIpc) is 2.56. The van der Waals surface area contributed by atoms with Crippen molar-refractivity contribution < 1.29 is 9.13 Å². The molecule has 1 aromatic rings. The Morgan fingerprint density at radius 2 is 1.88 bits per heavy atom. The van der Waals surface area contributed by atoms with Gasteiger partial charge in [0, 0.05) is 32.2 Å². The van der Waals surface area contributed by atoms with Gasteiger partial charge < -0.3 is 10.1 Å². The quantitative estimate of drug-likeness (QED) is 0.587. The largest absolute Gasteiger partial charge is 0.489 e. The first-order valence-corrected chi connectivity index (χ1v) is 9.11. The third kappa shape index (κ3) is 7.10. The van der Waals surface area contributed by atoms with Gasteiger partial charge in [-0.1, -0.05) is 37.8 Å². The second-order valence-electron chi connectivity index (χ2n) is 6.04. The highest BCUT2D eigenvalue weighted by Gasteiger charge is 2.24. The molecule has 25 heavy (non-hydrogen) atoms. The van der Waals surface area contributed by atoms with Gasteiger partial charge in [0.1, 0.15) is 0 Å². The van der Waals surface area contributed by atoms with E-state index in [1.807, 2.05) is 13.0 Å². The molecule has 1 aromatic carbocycles. The summed E-state index contributed by atoms with van der Waals surface area (Å²) in [6.07, 6.45) is 4.58. The second kappa shape index (κ2) is 13.0. The van der Waals surface area contributed by atoms with Crippen LogP contribution >= 0.6 is 36.4 Å². The highest BCUT2D eigenvalue weighted by atomic mass is 35.5. The minimum Gasteiger partial charge on any atom is -0.489 e. The molecule has 146 valence electrons. The second-order valence-corrected chi connectivity index (χ2v) is 6.45. The van der Waals surface area contributed by atoms with E-state index in [2.05, 4.69) is 17.1 Å². The number of nitrogens with one attached hydrogen (secondary N) is 1. The maximum absolute atomic E-state index is 14.4. The van der Waals surface area contributed by atoms with Gasteiger partial charge in [-0.25, -0.2) is 4.39 Å². The van der Waals surface area contributed by atoms with Crippen LogP contribution in [0.2, 0.25) is 5.02 Å². The normalized spacial score (nSPS) is 15.8. The Labute approximate surface area is 168 Å². The number of hydrogen-bond donors (Lipinski definition) is 1. The van der Waals surface area contributed by atoms with Crippen LogP contribution in [0.4, 0.5) is 4.39 Å². The van der Waals surface area contributed by atoms with Crippen molar-refractivity contribution in [1.82, 2.24) is 10.2 Å². The highest BCUT2D eigenvalue weighted by Crippen LogP contribution is 2.35. The van der Waals surface area contributed by atoms with Crippen LogP contribution in [0.15, 0.2) is 12.1 Å². The van der Waals surface area contributed by atoms with Crippen molar-refractivity contribution in [2.45, 2.75) is 45.6 Å². The first kappa shape index (κ1) is 24.7. The van der Waals surface area contributed by atoms with Gasteiger partial charge in [-0.15, -0.1) is 24.8 Å². The number of halogens is 4. The van der Waals surface area contributed by atoms with Crippen LogP contribution in [0.1, 0.15) is 51.1 Å². The molecule has 1 saturated heterocycles. The molecule has 0 aliphatic carbocycles. The Balaban J connectivity index is 0.00000288. The lowest BCUT2D eigenvalue weighted by Gasteiger charge is -2.35. The van der Waals surface area contributed by atoms with E-state index < -0.39 is 0 Å². The van der Waals surface area contributed by atoms with Crippen molar-refractivity contribution in [2.75, 3.05) is 32.8 Å². The smallest absolute Gasteiger partial charge is 0.173 e. The highest BCUT2D eigenvalue weighted by molar-refractivity contribution is 6.32. The third-order valence-corrected chi connectivity index (χ3v) is 4.65. The van der Waals surface area contributed by atoms with Gasteiger partial charge in [0.25, 0.3) is 0 Å². The Morgan fingerprint density at radius 3 is 2.44 bits per heavy atom. The van der Waals surface area contributed by atoms with E-state index in [1.54, 1.807) is 6.07 Å². The molecular formula is C18H30Cl3FN2O. The zero-order chi connectivity index (χ0) is 16.7. The van der Waals surface area contributed by atoms with E-state index in [0.717, 1.165) is 44.6 Å². The molecule has 0 amide bonds. The lowest BCUT2D eigenvalue weighted by molar-refractivity contribution is 0.162. The summed E-state index contributed by atoms with van der Waals surface area (Å²) in [5.74, 6) is -0.185. The van der Waals surface area contributed by atoms with Crippen LogP contribution < -0.4 is 10.1 Å². The van der Waals surface area contributed by atoms with E-state index in [1.165, 1.54) is 12.8 Å². The Hall–Kier alpha value is -0.260. The minimum absolute atomic E-state index is 0. The number of benzene rings is 1. The number of rotatable bonds is 8. The molecule has 2 rings (SSSR count). The van der Waals surface area contributed by atoms with Crippen LogP contribution in [0.3, 0.4) is 0 Å².